The monoisotopic (exact) mass is 379 g/mol. The number of anilines is 1. The highest BCUT2D eigenvalue weighted by molar-refractivity contribution is 6.33. The number of fused-ring (bicyclic) bond motifs is 1. The van der Waals surface area contributed by atoms with Crippen LogP contribution in [-0.2, 0) is 11.3 Å². The normalized spacial score (nSPS) is 15.6. The van der Waals surface area contributed by atoms with E-state index in [4.69, 9.17) is 21.1 Å². The molecule has 0 spiro atoms. The molecule has 1 aliphatic rings. The van der Waals surface area contributed by atoms with Crippen molar-refractivity contribution in [1.82, 2.24) is 0 Å². The molecule has 4 rings (SSSR count). The number of carbonyl (C=O) groups is 1. The lowest BCUT2D eigenvalue weighted by atomic mass is 10.1. The molecule has 0 amide bonds. The number of halogens is 1. The summed E-state index contributed by atoms with van der Waals surface area (Å²) in [6.07, 6.45) is -0.355. The summed E-state index contributed by atoms with van der Waals surface area (Å²) in [4.78, 5) is 13.8. The van der Waals surface area contributed by atoms with E-state index in [2.05, 4.69) is 11.0 Å². The summed E-state index contributed by atoms with van der Waals surface area (Å²) in [5.74, 6) is 0.488. The number of esters is 1. The molecular weight excluding hydrogens is 362 g/mol. The van der Waals surface area contributed by atoms with Gasteiger partial charge in [0.25, 0.3) is 0 Å². The van der Waals surface area contributed by atoms with Crippen LogP contribution in [0.4, 0.5) is 5.69 Å². The molecule has 0 radical (unpaired) electrons. The van der Waals surface area contributed by atoms with Crippen LogP contribution < -0.4 is 9.64 Å². The Morgan fingerprint density at radius 1 is 1.04 bits per heavy atom. The molecule has 1 heterocycles. The number of benzene rings is 3. The van der Waals surface area contributed by atoms with E-state index in [-0.39, 0.29) is 12.2 Å². The van der Waals surface area contributed by atoms with Gasteiger partial charge in [0.2, 0.25) is 0 Å². The van der Waals surface area contributed by atoms with Gasteiger partial charge in [0.05, 0.1) is 29.9 Å². The van der Waals surface area contributed by atoms with Gasteiger partial charge >= 0.3 is 5.97 Å². The van der Waals surface area contributed by atoms with Gasteiger partial charge in [0.1, 0.15) is 5.75 Å². The maximum Gasteiger partial charge on any atom is 0.337 e. The van der Waals surface area contributed by atoms with Crippen LogP contribution in [-0.4, -0.2) is 13.1 Å². The van der Waals surface area contributed by atoms with E-state index in [1.807, 2.05) is 54.6 Å². The fourth-order valence-electron chi connectivity index (χ4n) is 3.25. The number of hydrogen-bond acceptors (Lipinski definition) is 4. The molecule has 0 fully saturated rings. The van der Waals surface area contributed by atoms with Crippen LogP contribution in [0.5, 0.6) is 5.75 Å². The number of rotatable bonds is 3. The van der Waals surface area contributed by atoms with Gasteiger partial charge in [-0.3, -0.25) is 0 Å². The largest absolute Gasteiger partial charge is 0.466 e. The second-order valence-electron chi connectivity index (χ2n) is 6.27. The molecule has 0 saturated heterocycles. The predicted molar refractivity (Wildman–Crippen MR) is 105 cm³/mol. The summed E-state index contributed by atoms with van der Waals surface area (Å²) in [6.45, 7) is 0.670. The number of ether oxygens (including phenoxy) is 2. The van der Waals surface area contributed by atoms with Crippen LogP contribution in [0, 0.1) is 0 Å². The average Bonchev–Trinajstić information content (AvgIpc) is 2.73. The second kappa shape index (κ2) is 7.33. The molecule has 0 saturated carbocycles. The van der Waals surface area contributed by atoms with Gasteiger partial charge in [0.15, 0.2) is 6.23 Å². The van der Waals surface area contributed by atoms with E-state index in [1.165, 1.54) is 7.11 Å². The average molecular weight is 380 g/mol. The standard InChI is InChI=1S/C22H18ClNO3/c1-26-22(25)16-12-10-15(11-13-16)21-24(19-8-4-3-7-18(19)23)14-17-6-2-5-9-20(17)27-21/h2-13,21H,14H2,1H3/t21-/m1/s1. The Morgan fingerprint density at radius 2 is 1.74 bits per heavy atom. The minimum atomic E-state index is -0.362. The summed E-state index contributed by atoms with van der Waals surface area (Å²) in [7, 11) is 1.37. The second-order valence-corrected chi connectivity index (χ2v) is 6.68. The van der Waals surface area contributed by atoms with Crippen LogP contribution in [0.3, 0.4) is 0 Å². The first-order chi connectivity index (χ1) is 13.2. The van der Waals surface area contributed by atoms with E-state index < -0.39 is 0 Å². The highest BCUT2D eigenvalue weighted by Crippen LogP contribution is 2.40. The van der Waals surface area contributed by atoms with Crippen molar-refractivity contribution in [1.29, 1.82) is 0 Å². The molecule has 0 N–H and O–H groups in total. The maximum absolute atomic E-state index is 11.7. The lowest BCUT2D eigenvalue weighted by Gasteiger charge is -2.39. The van der Waals surface area contributed by atoms with Gasteiger partial charge in [-0.05, 0) is 30.3 Å². The van der Waals surface area contributed by atoms with E-state index in [0.717, 1.165) is 22.6 Å². The van der Waals surface area contributed by atoms with Crippen molar-refractivity contribution >= 4 is 23.3 Å². The number of para-hydroxylation sites is 2. The fourth-order valence-corrected chi connectivity index (χ4v) is 3.49. The van der Waals surface area contributed by atoms with Crippen molar-refractivity contribution in [3.63, 3.8) is 0 Å². The Kier molecular flexibility index (Phi) is 4.73. The van der Waals surface area contributed by atoms with E-state index in [9.17, 15) is 4.79 Å². The van der Waals surface area contributed by atoms with Crippen LogP contribution in [0.2, 0.25) is 5.02 Å². The predicted octanol–water partition coefficient (Wildman–Crippen LogP) is 5.22. The van der Waals surface area contributed by atoms with E-state index in [0.29, 0.717) is 17.1 Å². The molecule has 27 heavy (non-hydrogen) atoms. The zero-order valence-corrected chi connectivity index (χ0v) is 15.5. The summed E-state index contributed by atoms with van der Waals surface area (Å²) >= 11 is 6.46. The van der Waals surface area contributed by atoms with Gasteiger partial charge in [-0.25, -0.2) is 4.79 Å². The third-order valence-corrected chi connectivity index (χ3v) is 4.93. The van der Waals surface area contributed by atoms with Gasteiger partial charge in [-0.1, -0.05) is 54.1 Å². The zero-order chi connectivity index (χ0) is 18.8. The lowest BCUT2D eigenvalue weighted by Crippen LogP contribution is -2.36. The quantitative estimate of drug-likeness (QED) is 0.584. The maximum atomic E-state index is 11.7. The topological polar surface area (TPSA) is 38.8 Å². The lowest BCUT2D eigenvalue weighted by molar-refractivity contribution is 0.0600. The van der Waals surface area contributed by atoms with Crippen LogP contribution in [0.1, 0.15) is 27.7 Å². The Labute approximate surface area is 162 Å². The molecule has 0 aromatic heterocycles. The van der Waals surface area contributed by atoms with Crippen LogP contribution in [0.25, 0.3) is 0 Å². The Morgan fingerprint density at radius 3 is 2.48 bits per heavy atom. The molecule has 0 unspecified atom stereocenters. The number of carbonyl (C=O) groups excluding carboxylic acids is 1. The smallest absolute Gasteiger partial charge is 0.337 e. The summed E-state index contributed by atoms with van der Waals surface area (Å²) in [5, 5.41) is 0.664. The van der Waals surface area contributed by atoms with E-state index in [1.54, 1.807) is 12.1 Å². The molecule has 136 valence electrons. The first kappa shape index (κ1) is 17.4. The molecule has 3 aromatic rings. The summed E-state index contributed by atoms with van der Waals surface area (Å²) in [6, 6.07) is 23.0. The van der Waals surface area contributed by atoms with Gasteiger partial charge in [-0.2, -0.15) is 0 Å². The van der Waals surface area contributed by atoms with Gasteiger partial charge in [-0.15, -0.1) is 0 Å². The number of nitrogens with zero attached hydrogens (tertiary/aromatic N) is 1. The third kappa shape index (κ3) is 3.36. The molecule has 4 nitrogen and oxygen atoms in total. The molecule has 0 bridgehead atoms. The Balaban J connectivity index is 1.76. The molecule has 3 aromatic carbocycles. The van der Waals surface area contributed by atoms with E-state index >= 15 is 0 Å². The molecule has 1 aliphatic heterocycles. The number of methoxy groups -OCH3 is 1. The molecule has 1 atom stereocenters. The van der Waals surface area contributed by atoms with Crippen molar-refractivity contribution in [2.24, 2.45) is 0 Å². The SMILES string of the molecule is COC(=O)c1ccc([C@H]2Oc3ccccc3CN2c2ccccc2Cl)cc1. The first-order valence-corrected chi connectivity index (χ1v) is 8.99. The molecule has 5 heteroatoms. The van der Waals surface area contributed by atoms with Crippen molar-refractivity contribution in [2.45, 2.75) is 12.8 Å². The van der Waals surface area contributed by atoms with Crippen LogP contribution >= 0.6 is 11.6 Å². The third-order valence-electron chi connectivity index (χ3n) is 4.61. The highest BCUT2D eigenvalue weighted by atomic mass is 35.5. The van der Waals surface area contributed by atoms with Crippen molar-refractivity contribution in [2.75, 3.05) is 12.0 Å². The first-order valence-electron chi connectivity index (χ1n) is 8.61. The summed E-state index contributed by atoms with van der Waals surface area (Å²) in [5.41, 5.74) is 3.43. The molecule has 0 aliphatic carbocycles. The number of hydrogen-bond donors (Lipinski definition) is 0. The van der Waals surface area contributed by atoms with Crippen molar-refractivity contribution < 1.29 is 14.3 Å². The van der Waals surface area contributed by atoms with Crippen molar-refractivity contribution in [3.8, 4) is 5.75 Å². The van der Waals surface area contributed by atoms with Crippen molar-refractivity contribution in [3.05, 3.63) is 94.5 Å². The highest BCUT2D eigenvalue weighted by Gasteiger charge is 2.30. The minimum absolute atomic E-state index is 0.355. The Hall–Kier alpha value is -2.98. The minimum Gasteiger partial charge on any atom is -0.466 e. The van der Waals surface area contributed by atoms with Crippen LogP contribution in [0.15, 0.2) is 72.8 Å². The Bertz CT molecular complexity index is 971. The van der Waals surface area contributed by atoms with Gasteiger partial charge in [0, 0.05) is 11.1 Å². The summed E-state index contributed by atoms with van der Waals surface area (Å²) < 4.78 is 11.1. The molecular formula is C22H18ClNO3. The fraction of sp³-hybridized carbons (Fsp3) is 0.136. The zero-order valence-electron chi connectivity index (χ0n) is 14.8. The van der Waals surface area contributed by atoms with Gasteiger partial charge < -0.3 is 14.4 Å².